The van der Waals surface area contributed by atoms with Crippen LogP contribution in [0.15, 0.2) is 127 Å². The van der Waals surface area contributed by atoms with Crippen LogP contribution >= 0.6 is 0 Å². The molecule has 368 valence electrons. The Morgan fingerprint density at radius 2 is 0.836 bits per heavy atom. The number of esters is 4. The first-order valence-corrected chi connectivity index (χ1v) is 24.9. The van der Waals surface area contributed by atoms with Crippen LogP contribution in [0.4, 0.5) is 0 Å². The molecule has 0 amide bonds. The smallest absolute Gasteiger partial charge is 0.334 e. The van der Waals surface area contributed by atoms with Gasteiger partial charge in [0.25, 0.3) is 0 Å². The van der Waals surface area contributed by atoms with E-state index < -0.39 is 23.9 Å². The highest BCUT2D eigenvalue weighted by molar-refractivity contribution is 6.02. The van der Waals surface area contributed by atoms with Gasteiger partial charge in [0.1, 0.15) is 0 Å². The SMILES string of the molecule is COC(=O)C1=C(C(=O)OCC2CC=C(CC/C=C(\C)CCC=C(C)C)CC2COC(=O)C2=C(C(=O)OC)CC=C(CC/C=C(\C)CCC=C(C)C)C2)CC=C(CC/C=C(\C)CCC=C(C)C)C1. The minimum atomic E-state index is -0.517. The van der Waals surface area contributed by atoms with Gasteiger partial charge < -0.3 is 18.9 Å². The Morgan fingerprint density at radius 1 is 0.463 bits per heavy atom. The Morgan fingerprint density at radius 3 is 1.27 bits per heavy atom. The summed E-state index contributed by atoms with van der Waals surface area (Å²) >= 11 is 0. The fourth-order valence-electron chi connectivity index (χ4n) is 8.81. The van der Waals surface area contributed by atoms with Crippen LogP contribution in [0.1, 0.15) is 178 Å². The minimum absolute atomic E-state index is 0.115. The topological polar surface area (TPSA) is 105 Å². The minimum Gasteiger partial charge on any atom is -0.466 e. The second-order valence-electron chi connectivity index (χ2n) is 19.6. The molecular weight excluding hydrogens is 837 g/mol. The standard InChI is InChI=1S/C59H84O8/c1-41(2)18-12-21-44(7)24-15-27-47-30-33-50(39-66-58(62)53-35-32-48(37-54(53)57(61)65-11)28-16-25-45(8)22-13-19-42(3)4)51(36-47)40-67-59(63)55-38-49(31-34-52(55)56(60)64-10)29-17-26-46(9)23-14-20-43(5)6/h18-20,24-26,30-32,50-51H,12-17,21-23,27-29,33-40H2,1-11H3/b44-24+,45-25+,46-26+. The molecule has 3 rings (SSSR count). The molecule has 0 aromatic heterocycles. The fourth-order valence-corrected chi connectivity index (χ4v) is 8.81. The summed E-state index contributed by atoms with van der Waals surface area (Å²) in [5, 5.41) is 0. The number of allylic oxidation sites excluding steroid dienone is 18. The van der Waals surface area contributed by atoms with Gasteiger partial charge in [-0.2, -0.15) is 0 Å². The monoisotopic (exact) mass is 921 g/mol. The van der Waals surface area contributed by atoms with Crippen LogP contribution in [-0.4, -0.2) is 51.3 Å². The van der Waals surface area contributed by atoms with E-state index >= 15 is 0 Å². The van der Waals surface area contributed by atoms with Gasteiger partial charge in [0.05, 0.1) is 49.7 Å². The van der Waals surface area contributed by atoms with E-state index in [0.29, 0.717) is 60.8 Å². The highest BCUT2D eigenvalue weighted by Crippen LogP contribution is 2.36. The maximum Gasteiger partial charge on any atom is 0.334 e. The number of methoxy groups -OCH3 is 2. The third kappa shape index (κ3) is 21.2. The van der Waals surface area contributed by atoms with Crippen LogP contribution in [0.3, 0.4) is 0 Å². The molecule has 0 saturated heterocycles. The van der Waals surface area contributed by atoms with Crippen molar-refractivity contribution in [2.75, 3.05) is 27.4 Å². The number of carbonyl (C=O) groups is 4. The summed E-state index contributed by atoms with van der Waals surface area (Å²) in [5.41, 5.74) is 12.9. The zero-order valence-corrected chi connectivity index (χ0v) is 43.3. The number of hydrogen-bond donors (Lipinski definition) is 0. The Kier molecular flexibility index (Phi) is 25.6. The van der Waals surface area contributed by atoms with Gasteiger partial charge in [-0.05, 0) is 165 Å². The van der Waals surface area contributed by atoms with E-state index in [4.69, 9.17) is 18.9 Å². The molecule has 2 atom stereocenters. The molecule has 0 fully saturated rings. The predicted octanol–water partition coefficient (Wildman–Crippen LogP) is 14.8. The number of ether oxygens (including phenoxy) is 4. The highest BCUT2D eigenvalue weighted by atomic mass is 16.5. The summed E-state index contributed by atoms with van der Waals surface area (Å²) in [6, 6.07) is 0. The molecule has 0 heterocycles. The highest BCUT2D eigenvalue weighted by Gasteiger charge is 2.32. The normalized spacial score (nSPS) is 18.0. The van der Waals surface area contributed by atoms with Crippen molar-refractivity contribution in [1.29, 1.82) is 0 Å². The van der Waals surface area contributed by atoms with Crippen molar-refractivity contribution in [1.82, 2.24) is 0 Å². The molecule has 8 nitrogen and oxygen atoms in total. The summed E-state index contributed by atoms with van der Waals surface area (Å²) in [6.45, 7) is 19.4. The number of carbonyl (C=O) groups excluding carboxylic acids is 4. The van der Waals surface area contributed by atoms with Crippen molar-refractivity contribution >= 4 is 23.9 Å². The largest absolute Gasteiger partial charge is 0.466 e. The molecule has 0 aliphatic heterocycles. The van der Waals surface area contributed by atoms with Crippen LogP contribution in [-0.2, 0) is 38.1 Å². The van der Waals surface area contributed by atoms with E-state index in [1.54, 1.807) is 0 Å². The van der Waals surface area contributed by atoms with E-state index in [-0.39, 0.29) is 25.0 Å². The summed E-state index contributed by atoms with van der Waals surface area (Å²) in [7, 11) is 2.68. The lowest BCUT2D eigenvalue weighted by Crippen LogP contribution is -2.30. The molecule has 0 aromatic carbocycles. The van der Waals surface area contributed by atoms with E-state index in [9.17, 15) is 19.2 Å². The molecule has 0 N–H and O–H groups in total. The van der Waals surface area contributed by atoms with Gasteiger partial charge in [0.2, 0.25) is 0 Å². The summed E-state index contributed by atoms with van der Waals surface area (Å²) in [6.07, 6.45) is 33.9. The van der Waals surface area contributed by atoms with Gasteiger partial charge in [-0.3, -0.25) is 0 Å². The second kappa shape index (κ2) is 30.4. The molecule has 3 aliphatic carbocycles. The molecule has 0 bridgehead atoms. The quantitative estimate of drug-likeness (QED) is 0.0480. The average Bonchev–Trinajstić information content (AvgIpc) is 3.29. The van der Waals surface area contributed by atoms with Crippen molar-refractivity contribution < 1.29 is 38.1 Å². The molecule has 67 heavy (non-hydrogen) atoms. The van der Waals surface area contributed by atoms with Crippen molar-refractivity contribution in [3.05, 3.63) is 127 Å². The van der Waals surface area contributed by atoms with Crippen molar-refractivity contribution in [3.63, 3.8) is 0 Å². The van der Waals surface area contributed by atoms with Crippen LogP contribution < -0.4 is 0 Å². The van der Waals surface area contributed by atoms with Crippen LogP contribution in [0.5, 0.6) is 0 Å². The number of rotatable bonds is 26. The van der Waals surface area contributed by atoms with Crippen molar-refractivity contribution in [3.8, 4) is 0 Å². The molecule has 0 spiro atoms. The average molecular weight is 921 g/mol. The molecule has 0 saturated carbocycles. The first kappa shape index (κ1) is 56.3. The van der Waals surface area contributed by atoms with Gasteiger partial charge in [-0.15, -0.1) is 0 Å². The lowest BCUT2D eigenvalue weighted by molar-refractivity contribution is -0.146. The zero-order chi connectivity index (χ0) is 49.3. The van der Waals surface area contributed by atoms with Gasteiger partial charge in [-0.1, -0.05) is 105 Å². The van der Waals surface area contributed by atoms with Gasteiger partial charge in [0, 0.05) is 24.7 Å². The maximum atomic E-state index is 14.0. The molecule has 0 aromatic rings. The molecular formula is C59H84O8. The van der Waals surface area contributed by atoms with Crippen LogP contribution in [0, 0.1) is 11.8 Å². The van der Waals surface area contributed by atoms with E-state index in [1.165, 1.54) is 53.2 Å². The predicted molar refractivity (Wildman–Crippen MR) is 274 cm³/mol. The van der Waals surface area contributed by atoms with E-state index in [1.807, 2.05) is 6.08 Å². The van der Waals surface area contributed by atoms with Crippen molar-refractivity contribution in [2.24, 2.45) is 11.8 Å². The van der Waals surface area contributed by atoms with Gasteiger partial charge >= 0.3 is 23.9 Å². The molecule has 0 radical (unpaired) electrons. The molecule has 8 heteroatoms. The fraction of sp³-hybridized carbons (Fsp3) is 0.559. The zero-order valence-electron chi connectivity index (χ0n) is 43.3. The van der Waals surface area contributed by atoms with E-state index in [0.717, 1.165) is 88.2 Å². The Bertz CT molecular complexity index is 2070. The second-order valence-corrected chi connectivity index (χ2v) is 19.6. The summed E-state index contributed by atoms with van der Waals surface area (Å²) in [5.74, 6) is -2.29. The van der Waals surface area contributed by atoms with Gasteiger partial charge in [0.15, 0.2) is 0 Å². The van der Waals surface area contributed by atoms with E-state index in [2.05, 4.69) is 111 Å². The third-order valence-electron chi connectivity index (χ3n) is 13.0. The Hall–Kier alpha value is -4.98. The first-order chi connectivity index (χ1) is 32.0. The summed E-state index contributed by atoms with van der Waals surface area (Å²) < 4.78 is 22.5. The van der Waals surface area contributed by atoms with Gasteiger partial charge in [-0.25, -0.2) is 19.2 Å². The lowest BCUT2D eigenvalue weighted by Gasteiger charge is -2.31. The van der Waals surface area contributed by atoms with Crippen LogP contribution in [0.25, 0.3) is 0 Å². The maximum absolute atomic E-state index is 14.0. The first-order valence-electron chi connectivity index (χ1n) is 24.9. The molecule has 2 unspecified atom stereocenters. The third-order valence-corrected chi connectivity index (χ3v) is 13.0. The van der Waals surface area contributed by atoms with Crippen LogP contribution in [0.2, 0.25) is 0 Å². The summed E-state index contributed by atoms with van der Waals surface area (Å²) in [4.78, 5) is 53.9. The Balaban J connectivity index is 1.75. The van der Waals surface area contributed by atoms with Crippen molar-refractivity contribution in [2.45, 2.75) is 178 Å². The Labute approximate surface area is 404 Å². The number of hydrogen-bond acceptors (Lipinski definition) is 8. The lowest BCUT2D eigenvalue weighted by atomic mass is 9.79. The molecule has 3 aliphatic rings.